The van der Waals surface area contributed by atoms with Crippen LogP contribution >= 0.6 is 11.3 Å². The van der Waals surface area contributed by atoms with Crippen LogP contribution in [0, 0.1) is 6.92 Å². The van der Waals surface area contributed by atoms with E-state index in [0.29, 0.717) is 16.5 Å². The summed E-state index contributed by atoms with van der Waals surface area (Å²) >= 11 is 1.37. The fourth-order valence-electron chi connectivity index (χ4n) is 2.11. The predicted molar refractivity (Wildman–Crippen MR) is 95.3 cm³/mol. The molecule has 24 heavy (non-hydrogen) atoms. The molecular weight excluding hydrogens is 324 g/mol. The van der Waals surface area contributed by atoms with Crippen LogP contribution in [0.4, 0.5) is 17.3 Å². The molecule has 0 unspecified atom stereocenters. The highest BCUT2D eigenvalue weighted by atomic mass is 32.1. The molecule has 0 spiro atoms. The highest BCUT2D eigenvalue weighted by Crippen LogP contribution is 2.27. The first-order chi connectivity index (χ1) is 11.7. The number of aryl methyl sites for hydroxylation is 1. The van der Waals surface area contributed by atoms with Crippen molar-refractivity contribution in [2.24, 2.45) is 0 Å². The lowest BCUT2D eigenvalue weighted by molar-refractivity contribution is 0.103. The van der Waals surface area contributed by atoms with Gasteiger partial charge in [0.2, 0.25) is 0 Å². The van der Waals surface area contributed by atoms with Crippen LogP contribution in [0.5, 0.6) is 5.75 Å². The summed E-state index contributed by atoms with van der Waals surface area (Å²) in [5.74, 6) is 1.49. The van der Waals surface area contributed by atoms with Gasteiger partial charge in [-0.1, -0.05) is 12.1 Å². The molecule has 2 aromatic heterocycles. The first-order valence-corrected chi connectivity index (χ1v) is 8.14. The fraction of sp³-hybridized carbons (Fsp3) is 0.118. The molecule has 0 atom stereocenters. The van der Waals surface area contributed by atoms with Crippen LogP contribution in [0.25, 0.3) is 0 Å². The number of hydrogen-bond acceptors (Lipinski definition) is 6. The van der Waals surface area contributed by atoms with Gasteiger partial charge in [-0.25, -0.2) is 0 Å². The van der Waals surface area contributed by atoms with Crippen molar-refractivity contribution >= 4 is 34.6 Å². The van der Waals surface area contributed by atoms with Gasteiger partial charge in [-0.15, -0.1) is 21.5 Å². The molecule has 7 heteroatoms. The van der Waals surface area contributed by atoms with Crippen molar-refractivity contribution in [3.05, 3.63) is 58.3 Å². The molecule has 6 nitrogen and oxygen atoms in total. The van der Waals surface area contributed by atoms with Crippen molar-refractivity contribution in [3.63, 3.8) is 0 Å². The summed E-state index contributed by atoms with van der Waals surface area (Å²) in [6.07, 6.45) is 0. The monoisotopic (exact) mass is 340 g/mol. The average Bonchev–Trinajstić information content (AvgIpc) is 3.11. The van der Waals surface area contributed by atoms with Crippen LogP contribution in [0.15, 0.2) is 47.8 Å². The summed E-state index contributed by atoms with van der Waals surface area (Å²) in [5.41, 5.74) is 1.91. The van der Waals surface area contributed by atoms with Crippen molar-refractivity contribution in [2.75, 3.05) is 17.7 Å². The highest BCUT2D eigenvalue weighted by Gasteiger charge is 2.09. The molecule has 3 rings (SSSR count). The second-order valence-corrected chi connectivity index (χ2v) is 6.01. The Bertz CT molecular complexity index is 832. The number of nitrogens with zero attached hydrogens (tertiary/aromatic N) is 2. The molecule has 0 bridgehead atoms. The van der Waals surface area contributed by atoms with E-state index in [-0.39, 0.29) is 5.91 Å². The van der Waals surface area contributed by atoms with Gasteiger partial charge in [0.15, 0.2) is 11.6 Å². The van der Waals surface area contributed by atoms with E-state index in [1.807, 2.05) is 36.6 Å². The zero-order valence-electron chi connectivity index (χ0n) is 13.2. The Kier molecular flexibility index (Phi) is 4.72. The van der Waals surface area contributed by atoms with Crippen LogP contribution in [0.2, 0.25) is 0 Å². The molecule has 3 aromatic rings. The number of thiophene rings is 1. The summed E-state index contributed by atoms with van der Waals surface area (Å²) in [6, 6.07) is 12.9. The van der Waals surface area contributed by atoms with Crippen LogP contribution in [0.1, 0.15) is 15.2 Å². The smallest absolute Gasteiger partial charge is 0.266 e. The molecule has 0 aliphatic heterocycles. The van der Waals surface area contributed by atoms with E-state index in [4.69, 9.17) is 4.74 Å². The second-order valence-electron chi connectivity index (χ2n) is 5.06. The lowest BCUT2D eigenvalue weighted by Crippen LogP contribution is -2.12. The van der Waals surface area contributed by atoms with E-state index in [0.717, 1.165) is 17.0 Å². The molecule has 122 valence electrons. The fourth-order valence-corrected chi connectivity index (χ4v) is 2.73. The minimum atomic E-state index is -0.194. The summed E-state index contributed by atoms with van der Waals surface area (Å²) < 4.78 is 5.32. The zero-order chi connectivity index (χ0) is 16.9. The molecule has 1 amide bonds. The van der Waals surface area contributed by atoms with Crippen molar-refractivity contribution < 1.29 is 9.53 Å². The van der Waals surface area contributed by atoms with Crippen molar-refractivity contribution in [1.29, 1.82) is 0 Å². The number of nitrogens with one attached hydrogen (secondary N) is 2. The Labute approximate surface area is 143 Å². The number of ether oxygens (including phenoxy) is 1. The highest BCUT2D eigenvalue weighted by molar-refractivity contribution is 7.12. The van der Waals surface area contributed by atoms with Gasteiger partial charge in [0, 0.05) is 0 Å². The second kappa shape index (κ2) is 7.10. The number of methoxy groups -OCH3 is 1. The van der Waals surface area contributed by atoms with Gasteiger partial charge in [-0.3, -0.25) is 4.79 Å². The summed E-state index contributed by atoms with van der Waals surface area (Å²) in [7, 11) is 1.62. The number of amides is 1. The number of hydrogen-bond donors (Lipinski definition) is 2. The molecular formula is C17H16N4O2S. The maximum absolute atomic E-state index is 12.0. The third-order valence-electron chi connectivity index (χ3n) is 3.27. The van der Waals surface area contributed by atoms with Crippen LogP contribution in [-0.2, 0) is 0 Å². The standard InChI is InChI=1S/C17H16N4O2S/c1-11-5-6-13(23-2)12(10-11)18-15-7-8-16(21-20-15)19-17(22)14-4-3-9-24-14/h3-10H,1-2H3,(H,18,20)(H,19,21,22). The van der Waals surface area contributed by atoms with Crippen molar-refractivity contribution in [3.8, 4) is 5.75 Å². The maximum Gasteiger partial charge on any atom is 0.266 e. The van der Waals surface area contributed by atoms with E-state index in [9.17, 15) is 4.79 Å². The molecule has 0 radical (unpaired) electrons. The van der Waals surface area contributed by atoms with Gasteiger partial charge in [-0.05, 0) is 48.2 Å². The van der Waals surface area contributed by atoms with E-state index in [2.05, 4.69) is 20.8 Å². The van der Waals surface area contributed by atoms with Crippen molar-refractivity contribution in [2.45, 2.75) is 6.92 Å². The topological polar surface area (TPSA) is 76.1 Å². The Balaban J connectivity index is 1.71. The first kappa shape index (κ1) is 15.9. The maximum atomic E-state index is 12.0. The number of benzene rings is 1. The summed E-state index contributed by atoms with van der Waals surface area (Å²) in [4.78, 5) is 12.6. The van der Waals surface area contributed by atoms with E-state index in [1.54, 1.807) is 25.3 Å². The van der Waals surface area contributed by atoms with Crippen LogP contribution in [0.3, 0.4) is 0 Å². The van der Waals surface area contributed by atoms with E-state index < -0.39 is 0 Å². The molecule has 0 saturated heterocycles. The van der Waals surface area contributed by atoms with E-state index in [1.165, 1.54) is 11.3 Å². The molecule has 0 saturated carbocycles. The predicted octanol–water partition coefficient (Wildman–Crippen LogP) is 3.85. The summed E-state index contributed by atoms with van der Waals surface area (Å²) in [6.45, 7) is 2.00. The van der Waals surface area contributed by atoms with Crippen LogP contribution in [-0.4, -0.2) is 23.2 Å². The normalized spacial score (nSPS) is 10.2. The number of rotatable bonds is 5. The van der Waals surface area contributed by atoms with Gasteiger partial charge in [0.05, 0.1) is 17.7 Å². The minimum absolute atomic E-state index is 0.194. The van der Waals surface area contributed by atoms with Gasteiger partial charge >= 0.3 is 0 Å². The Morgan fingerprint density at radius 3 is 2.58 bits per heavy atom. The molecule has 0 aliphatic rings. The molecule has 2 heterocycles. The third-order valence-corrected chi connectivity index (χ3v) is 4.14. The summed E-state index contributed by atoms with van der Waals surface area (Å²) in [5, 5.41) is 15.8. The zero-order valence-corrected chi connectivity index (χ0v) is 14.1. The Morgan fingerprint density at radius 2 is 1.92 bits per heavy atom. The van der Waals surface area contributed by atoms with Gasteiger partial charge in [0.25, 0.3) is 5.91 Å². The quantitative estimate of drug-likeness (QED) is 0.738. The first-order valence-electron chi connectivity index (χ1n) is 7.26. The number of carbonyl (C=O) groups excluding carboxylic acids is 1. The van der Waals surface area contributed by atoms with Gasteiger partial charge < -0.3 is 15.4 Å². The average molecular weight is 340 g/mol. The van der Waals surface area contributed by atoms with Crippen LogP contribution < -0.4 is 15.4 Å². The SMILES string of the molecule is COc1ccc(C)cc1Nc1ccc(NC(=O)c2cccs2)nn1. The Morgan fingerprint density at radius 1 is 1.12 bits per heavy atom. The lowest BCUT2D eigenvalue weighted by atomic mass is 10.2. The van der Waals surface area contributed by atoms with E-state index >= 15 is 0 Å². The minimum Gasteiger partial charge on any atom is -0.495 e. The van der Waals surface area contributed by atoms with Gasteiger partial charge in [0.1, 0.15) is 5.75 Å². The number of aromatic nitrogens is 2. The van der Waals surface area contributed by atoms with Crippen molar-refractivity contribution in [1.82, 2.24) is 10.2 Å². The lowest BCUT2D eigenvalue weighted by Gasteiger charge is -2.11. The molecule has 1 aromatic carbocycles. The largest absolute Gasteiger partial charge is 0.495 e. The molecule has 0 aliphatic carbocycles. The molecule has 2 N–H and O–H groups in total. The van der Waals surface area contributed by atoms with Gasteiger partial charge in [-0.2, -0.15) is 0 Å². The third kappa shape index (κ3) is 3.69. The number of carbonyl (C=O) groups is 1. The number of anilines is 3. The molecule has 0 fully saturated rings. The Hall–Kier alpha value is -2.93.